The first-order valence-electron chi connectivity index (χ1n) is 6.42. The van der Waals surface area contributed by atoms with Crippen molar-refractivity contribution >= 4 is 5.97 Å². The summed E-state index contributed by atoms with van der Waals surface area (Å²) < 4.78 is 79.3. The van der Waals surface area contributed by atoms with Gasteiger partial charge in [0.2, 0.25) is 5.92 Å². The number of alkyl halides is 6. The number of carbonyl (C=O) groups excluding carboxylic acids is 1. The molecule has 1 rings (SSSR count). The van der Waals surface area contributed by atoms with Crippen LogP contribution < -0.4 is 5.32 Å². The van der Waals surface area contributed by atoms with E-state index >= 15 is 0 Å². The fourth-order valence-electron chi connectivity index (χ4n) is 2.37. The Labute approximate surface area is 118 Å². The van der Waals surface area contributed by atoms with Gasteiger partial charge in [0.05, 0.1) is 0 Å². The number of hydrogen-bond acceptors (Lipinski definition) is 3. The molecule has 1 aliphatic heterocycles. The molecular formula is C12H17F6NO2. The number of piperidine rings is 1. The van der Waals surface area contributed by atoms with Gasteiger partial charge in [0, 0.05) is 5.92 Å². The fourth-order valence-corrected chi connectivity index (χ4v) is 2.37. The average Bonchev–Trinajstić information content (AvgIpc) is 2.25. The molecule has 0 spiro atoms. The number of rotatable bonds is 3. The molecule has 0 bridgehead atoms. The standard InChI is InChI=1S/C12H17F6NO2/c1-10(2,7-3-5-19-6-4-7)21-9(20)8(11(13,14)15)12(16,17)18/h7-8,19H,3-6H2,1-2H3. The van der Waals surface area contributed by atoms with Crippen LogP contribution in [0.25, 0.3) is 0 Å². The third-order valence-corrected chi connectivity index (χ3v) is 3.58. The molecule has 0 aromatic carbocycles. The lowest BCUT2D eigenvalue weighted by atomic mass is 9.83. The Balaban J connectivity index is 2.85. The molecule has 0 saturated carbocycles. The summed E-state index contributed by atoms with van der Waals surface area (Å²) in [4.78, 5) is 11.4. The Bertz CT molecular complexity index is 357. The van der Waals surface area contributed by atoms with Crippen molar-refractivity contribution in [1.82, 2.24) is 5.32 Å². The molecule has 1 heterocycles. The number of nitrogens with one attached hydrogen (secondary N) is 1. The van der Waals surface area contributed by atoms with E-state index in [0.717, 1.165) is 0 Å². The number of halogens is 6. The third kappa shape index (κ3) is 4.76. The number of hydrogen-bond donors (Lipinski definition) is 1. The molecule has 1 aliphatic rings. The molecule has 0 aromatic rings. The van der Waals surface area contributed by atoms with E-state index in [9.17, 15) is 31.1 Å². The predicted octanol–water partition coefficient (Wildman–Crippen LogP) is 3.05. The van der Waals surface area contributed by atoms with E-state index in [0.29, 0.717) is 25.9 Å². The maximum absolute atomic E-state index is 12.5. The van der Waals surface area contributed by atoms with E-state index < -0.39 is 29.8 Å². The van der Waals surface area contributed by atoms with Gasteiger partial charge in [-0.05, 0) is 39.8 Å². The van der Waals surface area contributed by atoms with Crippen molar-refractivity contribution in [2.24, 2.45) is 11.8 Å². The Kier molecular flexibility index (Phi) is 5.18. The zero-order valence-electron chi connectivity index (χ0n) is 11.6. The molecule has 1 saturated heterocycles. The zero-order chi connectivity index (χ0) is 16.5. The predicted molar refractivity (Wildman–Crippen MR) is 61.4 cm³/mol. The second-order valence-corrected chi connectivity index (χ2v) is 5.57. The highest BCUT2D eigenvalue weighted by Gasteiger charge is 2.63. The van der Waals surface area contributed by atoms with Crippen LogP contribution in [0.1, 0.15) is 26.7 Å². The maximum atomic E-state index is 12.5. The van der Waals surface area contributed by atoms with Crippen LogP contribution >= 0.6 is 0 Å². The van der Waals surface area contributed by atoms with Gasteiger partial charge >= 0.3 is 18.3 Å². The molecule has 21 heavy (non-hydrogen) atoms. The first-order chi connectivity index (χ1) is 9.36. The van der Waals surface area contributed by atoms with Crippen LogP contribution in [-0.2, 0) is 9.53 Å². The highest BCUT2D eigenvalue weighted by atomic mass is 19.4. The van der Waals surface area contributed by atoms with Crippen LogP contribution in [0, 0.1) is 11.8 Å². The van der Waals surface area contributed by atoms with Crippen LogP contribution in [0.15, 0.2) is 0 Å². The largest absolute Gasteiger partial charge is 0.459 e. The normalized spacial score (nSPS) is 18.9. The Morgan fingerprint density at radius 3 is 1.86 bits per heavy atom. The molecule has 0 atom stereocenters. The van der Waals surface area contributed by atoms with Crippen LogP contribution in [0.4, 0.5) is 26.3 Å². The average molecular weight is 321 g/mol. The number of ether oxygens (including phenoxy) is 1. The third-order valence-electron chi connectivity index (χ3n) is 3.58. The van der Waals surface area contributed by atoms with Gasteiger partial charge in [-0.3, -0.25) is 4.79 Å². The Morgan fingerprint density at radius 1 is 1.05 bits per heavy atom. The topological polar surface area (TPSA) is 38.3 Å². The van der Waals surface area contributed by atoms with Crippen LogP contribution in [0.2, 0.25) is 0 Å². The summed E-state index contributed by atoms with van der Waals surface area (Å²) in [6, 6.07) is 0. The van der Waals surface area contributed by atoms with E-state index in [1.54, 1.807) is 0 Å². The summed E-state index contributed by atoms with van der Waals surface area (Å²) in [5.74, 6) is -6.69. The number of esters is 1. The molecule has 0 aliphatic carbocycles. The van der Waals surface area contributed by atoms with Crippen molar-refractivity contribution in [3.63, 3.8) is 0 Å². The van der Waals surface area contributed by atoms with Gasteiger partial charge in [-0.25, -0.2) is 0 Å². The monoisotopic (exact) mass is 321 g/mol. The molecule has 9 heteroatoms. The molecule has 3 nitrogen and oxygen atoms in total. The van der Waals surface area contributed by atoms with Crippen molar-refractivity contribution in [3.05, 3.63) is 0 Å². The lowest BCUT2D eigenvalue weighted by Gasteiger charge is -2.37. The van der Waals surface area contributed by atoms with E-state index in [4.69, 9.17) is 0 Å². The molecule has 0 radical (unpaired) electrons. The van der Waals surface area contributed by atoms with Crippen molar-refractivity contribution in [2.75, 3.05) is 13.1 Å². The van der Waals surface area contributed by atoms with Gasteiger partial charge in [-0.15, -0.1) is 0 Å². The van der Waals surface area contributed by atoms with Crippen molar-refractivity contribution in [2.45, 2.75) is 44.6 Å². The lowest BCUT2D eigenvalue weighted by Crippen LogP contribution is -2.49. The first-order valence-corrected chi connectivity index (χ1v) is 6.42. The van der Waals surface area contributed by atoms with Gasteiger partial charge in [0.25, 0.3) is 0 Å². The van der Waals surface area contributed by atoms with Gasteiger partial charge < -0.3 is 10.1 Å². The molecule has 124 valence electrons. The van der Waals surface area contributed by atoms with Crippen LogP contribution in [-0.4, -0.2) is 37.0 Å². The Hall–Kier alpha value is -0.990. The molecule has 0 amide bonds. The summed E-state index contributed by atoms with van der Waals surface area (Å²) in [6.45, 7) is 3.83. The smallest absolute Gasteiger partial charge is 0.411 e. The second kappa shape index (κ2) is 6.02. The van der Waals surface area contributed by atoms with Gasteiger partial charge in [0.15, 0.2) is 0 Å². The summed E-state index contributed by atoms with van der Waals surface area (Å²) >= 11 is 0. The second-order valence-electron chi connectivity index (χ2n) is 5.57. The summed E-state index contributed by atoms with van der Waals surface area (Å²) in [7, 11) is 0. The minimum Gasteiger partial charge on any atom is -0.459 e. The fraction of sp³-hybridized carbons (Fsp3) is 0.917. The molecule has 0 unspecified atom stereocenters. The lowest BCUT2D eigenvalue weighted by molar-refractivity contribution is -0.286. The van der Waals surface area contributed by atoms with Gasteiger partial charge in [-0.2, -0.15) is 26.3 Å². The van der Waals surface area contributed by atoms with E-state index in [-0.39, 0.29) is 5.92 Å². The highest BCUT2D eigenvalue weighted by Crippen LogP contribution is 2.41. The van der Waals surface area contributed by atoms with E-state index in [2.05, 4.69) is 10.1 Å². The quantitative estimate of drug-likeness (QED) is 0.641. The minimum atomic E-state index is -5.72. The van der Waals surface area contributed by atoms with Crippen molar-refractivity contribution in [3.8, 4) is 0 Å². The first kappa shape index (κ1) is 18.1. The molecular weight excluding hydrogens is 304 g/mol. The Morgan fingerprint density at radius 2 is 1.48 bits per heavy atom. The SMILES string of the molecule is CC(C)(OC(=O)C(C(F)(F)F)C(F)(F)F)C1CCNCC1. The highest BCUT2D eigenvalue weighted by molar-refractivity contribution is 5.74. The molecule has 1 fully saturated rings. The van der Waals surface area contributed by atoms with Crippen LogP contribution in [0.5, 0.6) is 0 Å². The van der Waals surface area contributed by atoms with E-state index in [1.807, 2.05) is 0 Å². The van der Waals surface area contributed by atoms with Gasteiger partial charge in [0.1, 0.15) is 5.60 Å². The molecule has 1 N–H and O–H groups in total. The van der Waals surface area contributed by atoms with Gasteiger partial charge in [-0.1, -0.05) is 0 Å². The van der Waals surface area contributed by atoms with E-state index in [1.165, 1.54) is 13.8 Å². The van der Waals surface area contributed by atoms with Crippen molar-refractivity contribution in [1.29, 1.82) is 0 Å². The summed E-state index contributed by atoms with van der Waals surface area (Å²) in [5.41, 5.74) is -1.38. The van der Waals surface area contributed by atoms with Crippen LogP contribution in [0.3, 0.4) is 0 Å². The van der Waals surface area contributed by atoms with Crippen molar-refractivity contribution < 1.29 is 35.9 Å². The zero-order valence-corrected chi connectivity index (χ0v) is 11.6. The number of carbonyl (C=O) groups is 1. The minimum absolute atomic E-state index is 0.287. The summed E-state index contributed by atoms with van der Waals surface area (Å²) in [6.07, 6.45) is -10.4. The molecule has 0 aromatic heterocycles. The summed E-state index contributed by atoms with van der Waals surface area (Å²) in [5, 5.41) is 3.01. The maximum Gasteiger partial charge on any atom is 0.411 e.